The fourth-order valence-electron chi connectivity index (χ4n) is 2.18. The number of hydrogen-bond donors (Lipinski definition) is 1. The van der Waals surface area contributed by atoms with E-state index in [1.54, 1.807) is 14.0 Å². The summed E-state index contributed by atoms with van der Waals surface area (Å²) in [5.74, 6) is 0.309. The smallest absolute Gasteiger partial charge is 0.318 e. The highest BCUT2D eigenvalue weighted by Gasteiger charge is 2.51. The third kappa shape index (κ3) is 3.09. The van der Waals surface area contributed by atoms with E-state index < -0.39 is 23.6 Å². The minimum Gasteiger partial charge on any atom is -0.497 e. The van der Waals surface area contributed by atoms with Gasteiger partial charge in [-0.25, -0.2) is 0 Å². The van der Waals surface area contributed by atoms with Crippen molar-refractivity contribution in [1.82, 2.24) is 0 Å². The van der Waals surface area contributed by atoms with Crippen LogP contribution in [0.1, 0.15) is 12.5 Å². The summed E-state index contributed by atoms with van der Waals surface area (Å²) in [7, 11) is 1.61. The van der Waals surface area contributed by atoms with Crippen LogP contribution < -0.4 is 4.74 Å². The molecule has 1 aromatic carbocycles. The van der Waals surface area contributed by atoms with Crippen LogP contribution in [-0.2, 0) is 20.9 Å². The van der Waals surface area contributed by atoms with Crippen LogP contribution >= 0.6 is 0 Å². The first-order chi connectivity index (χ1) is 10.0. The number of ether oxygens (including phenoxy) is 3. The van der Waals surface area contributed by atoms with Gasteiger partial charge < -0.3 is 19.3 Å². The van der Waals surface area contributed by atoms with Gasteiger partial charge in [0, 0.05) is 0 Å². The molecular weight excluding hydrogens is 272 g/mol. The van der Waals surface area contributed by atoms with Crippen molar-refractivity contribution in [2.24, 2.45) is 5.41 Å². The van der Waals surface area contributed by atoms with Crippen LogP contribution in [0.4, 0.5) is 0 Å². The highest BCUT2D eigenvalue weighted by Crippen LogP contribution is 2.35. The van der Waals surface area contributed by atoms with E-state index in [1.165, 1.54) is 6.08 Å². The number of benzene rings is 1. The lowest BCUT2D eigenvalue weighted by atomic mass is 9.84. The zero-order valence-electron chi connectivity index (χ0n) is 12.2. The molecule has 114 valence electrons. The summed E-state index contributed by atoms with van der Waals surface area (Å²) in [5.41, 5.74) is -0.0881. The number of methoxy groups -OCH3 is 1. The van der Waals surface area contributed by atoms with Gasteiger partial charge in [-0.05, 0) is 24.6 Å². The lowest BCUT2D eigenvalue weighted by Crippen LogP contribution is -2.36. The second kappa shape index (κ2) is 6.28. The van der Waals surface area contributed by atoms with Crippen LogP contribution in [0.15, 0.2) is 36.9 Å². The maximum absolute atomic E-state index is 11.7. The molecule has 0 aliphatic carbocycles. The van der Waals surface area contributed by atoms with Crippen LogP contribution in [0.25, 0.3) is 0 Å². The van der Waals surface area contributed by atoms with Crippen LogP contribution in [0.3, 0.4) is 0 Å². The Kier molecular flexibility index (Phi) is 4.65. The zero-order chi connectivity index (χ0) is 15.5. The molecule has 1 aromatic rings. The second-order valence-corrected chi connectivity index (χ2v) is 5.24. The molecular formula is C16H20O5. The van der Waals surface area contributed by atoms with Gasteiger partial charge >= 0.3 is 5.97 Å². The Bertz CT molecular complexity index is 510. The molecule has 0 saturated carbocycles. The number of rotatable bonds is 6. The minimum atomic E-state index is -1.06. The Hall–Kier alpha value is -1.85. The quantitative estimate of drug-likeness (QED) is 0.638. The Labute approximate surface area is 124 Å². The summed E-state index contributed by atoms with van der Waals surface area (Å²) in [4.78, 5) is 11.7. The van der Waals surface area contributed by atoms with E-state index in [9.17, 15) is 9.90 Å². The average Bonchev–Trinajstić information content (AvgIpc) is 2.73. The van der Waals surface area contributed by atoms with Crippen LogP contribution in [-0.4, -0.2) is 37.0 Å². The third-order valence-corrected chi connectivity index (χ3v) is 3.80. The molecule has 1 fully saturated rings. The number of aliphatic hydroxyl groups is 1. The van der Waals surface area contributed by atoms with Gasteiger partial charge in [0.05, 0.1) is 20.3 Å². The molecule has 0 unspecified atom stereocenters. The Morgan fingerprint density at radius 3 is 2.62 bits per heavy atom. The first-order valence-corrected chi connectivity index (χ1v) is 6.74. The van der Waals surface area contributed by atoms with Gasteiger partial charge in [0.2, 0.25) is 0 Å². The highest BCUT2D eigenvalue weighted by atomic mass is 16.6. The summed E-state index contributed by atoms with van der Waals surface area (Å²) in [6, 6.07) is 7.48. The average molecular weight is 292 g/mol. The van der Waals surface area contributed by atoms with E-state index >= 15 is 0 Å². The number of cyclic esters (lactones) is 1. The van der Waals surface area contributed by atoms with Gasteiger partial charge in [-0.15, -0.1) is 6.58 Å². The Balaban J connectivity index is 1.86. The van der Waals surface area contributed by atoms with Gasteiger partial charge in [-0.2, -0.15) is 0 Å². The van der Waals surface area contributed by atoms with E-state index in [-0.39, 0.29) is 6.61 Å². The standard InChI is InChI=1S/C16H20O5/c1-4-16(2)14(17)13(21-15(16)18)10-20-9-11-5-7-12(19-3)8-6-11/h4-8,13-14,17H,1,9-10H2,2-3H3/t13-,14-,16-/m1/s1. The van der Waals surface area contributed by atoms with Gasteiger partial charge in [0.1, 0.15) is 17.3 Å². The minimum absolute atomic E-state index is 0.141. The SMILES string of the molecule is C=C[C@@]1(C)C(=O)O[C@H](COCc2ccc(OC)cc2)[C@H]1O. The fourth-order valence-corrected chi connectivity index (χ4v) is 2.18. The summed E-state index contributed by atoms with van der Waals surface area (Å²) in [5, 5.41) is 10.1. The monoisotopic (exact) mass is 292 g/mol. The predicted octanol–water partition coefficient (Wildman–Crippen LogP) is 1.69. The van der Waals surface area contributed by atoms with Crippen LogP contribution in [0.2, 0.25) is 0 Å². The number of hydrogen-bond acceptors (Lipinski definition) is 5. The molecule has 1 aliphatic rings. The van der Waals surface area contributed by atoms with Crippen molar-refractivity contribution >= 4 is 5.97 Å². The van der Waals surface area contributed by atoms with Crippen molar-refractivity contribution in [3.8, 4) is 5.75 Å². The van der Waals surface area contributed by atoms with Gasteiger partial charge in [-0.1, -0.05) is 18.2 Å². The predicted molar refractivity (Wildman–Crippen MR) is 76.8 cm³/mol. The summed E-state index contributed by atoms with van der Waals surface area (Å²) >= 11 is 0. The molecule has 1 N–H and O–H groups in total. The Morgan fingerprint density at radius 2 is 2.10 bits per heavy atom. The number of esters is 1. The topological polar surface area (TPSA) is 65.0 Å². The van der Waals surface area contributed by atoms with Crippen molar-refractivity contribution in [1.29, 1.82) is 0 Å². The maximum Gasteiger partial charge on any atom is 0.318 e. The van der Waals surface area contributed by atoms with Crippen LogP contribution in [0, 0.1) is 5.41 Å². The summed E-state index contributed by atoms with van der Waals surface area (Å²) < 4.78 is 15.7. The fraction of sp³-hybridized carbons (Fsp3) is 0.438. The van der Waals surface area contributed by atoms with Crippen molar-refractivity contribution < 1.29 is 24.1 Å². The summed E-state index contributed by atoms with van der Waals surface area (Å²) in [6.07, 6.45) is -0.194. The van der Waals surface area contributed by atoms with Crippen LogP contribution in [0.5, 0.6) is 5.75 Å². The first kappa shape index (κ1) is 15.5. The molecule has 0 amide bonds. The molecule has 0 bridgehead atoms. The first-order valence-electron chi connectivity index (χ1n) is 6.74. The largest absolute Gasteiger partial charge is 0.497 e. The van der Waals surface area contributed by atoms with Gasteiger partial charge in [0.15, 0.2) is 6.10 Å². The lowest BCUT2D eigenvalue weighted by Gasteiger charge is -2.20. The molecule has 1 heterocycles. The molecule has 21 heavy (non-hydrogen) atoms. The zero-order valence-corrected chi connectivity index (χ0v) is 12.2. The van der Waals surface area contributed by atoms with Gasteiger partial charge in [-0.3, -0.25) is 4.79 Å². The number of aliphatic hydroxyl groups excluding tert-OH is 1. The van der Waals surface area contributed by atoms with Crippen molar-refractivity contribution in [3.63, 3.8) is 0 Å². The van der Waals surface area contributed by atoms with Gasteiger partial charge in [0.25, 0.3) is 0 Å². The van der Waals surface area contributed by atoms with Crippen molar-refractivity contribution in [2.75, 3.05) is 13.7 Å². The van der Waals surface area contributed by atoms with E-state index in [2.05, 4.69) is 6.58 Å². The Morgan fingerprint density at radius 1 is 1.43 bits per heavy atom. The van der Waals surface area contributed by atoms with Crippen molar-refractivity contribution in [3.05, 3.63) is 42.5 Å². The molecule has 0 spiro atoms. The van der Waals surface area contributed by atoms with E-state index in [0.29, 0.717) is 6.61 Å². The van der Waals surface area contributed by atoms with E-state index in [0.717, 1.165) is 11.3 Å². The molecule has 5 nitrogen and oxygen atoms in total. The molecule has 1 aliphatic heterocycles. The second-order valence-electron chi connectivity index (χ2n) is 5.24. The summed E-state index contributed by atoms with van der Waals surface area (Å²) in [6.45, 7) is 5.70. The van der Waals surface area contributed by atoms with E-state index in [1.807, 2.05) is 24.3 Å². The normalized spacial score (nSPS) is 28.2. The molecule has 1 saturated heterocycles. The number of carbonyl (C=O) groups excluding carboxylic acids is 1. The molecule has 2 rings (SSSR count). The molecule has 5 heteroatoms. The third-order valence-electron chi connectivity index (χ3n) is 3.80. The number of carbonyl (C=O) groups is 1. The van der Waals surface area contributed by atoms with Crippen molar-refractivity contribution in [2.45, 2.75) is 25.7 Å². The molecule has 3 atom stereocenters. The highest BCUT2D eigenvalue weighted by molar-refractivity contribution is 5.82. The lowest BCUT2D eigenvalue weighted by molar-refractivity contribution is -0.148. The maximum atomic E-state index is 11.7. The van der Waals surface area contributed by atoms with E-state index in [4.69, 9.17) is 14.2 Å². The molecule has 0 radical (unpaired) electrons. The molecule has 0 aromatic heterocycles.